The van der Waals surface area contributed by atoms with Gasteiger partial charge in [0.05, 0.1) is 37.7 Å². The predicted octanol–water partition coefficient (Wildman–Crippen LogP) is 3.17. The summed E-state index contributed by atoms with van der Waals surface area (Å²) in [5.41, 5.74) is 4.11. The number of anilines is 2. The monoisotopic (exact) mass is 481 g/mol. The number of ketones is 1. The maximum absolute atomic E-state index is 12.0. The van der Waals surface area contributed by atoms with Gasteiger partial charge in [0.2, 0.25) is 5.95 Å². The average molecular weight is 482 g/mol. The van der Waals surface area contributed by atoms with E-state index in [1.54, 1.807) is 16.7 Å². The van der Waals surface area contributed by atoms with Crippen molar-refractivity contribution in [1.82, 2.24) is 29.4 Å². The maximum atomic E-state index is 12.0. The first-order valence-electron chi connectivity index (χ1n) is 10.8. The molecule has 0 radical (unpaired) electrons. The number of aliphatic hydroxyl groups is 1. The van der Waals surface area contributed by atoms with Gasteiger partial charge >= 0.3 is 0 Å². The number of carbonyl (C=O) groups is 1. The van der Waals surface area contributed by atoms with Gasteiger partial charge in [-0.25, -0.2) is 9.67 Å². The van der Waals surface area contributed by atoms with Crippen LogP contribution in [0, 0.1) is 6.92 Å². The fourth-order valence-electron chi connectivity index (χ4n) is 4.05. The number of fused-ring (bicyclic) bond motifs is 1. The molecular formula is C23H24ClN7O3. The number of hydrogen-bond donors (Lipinski definition) is 2. The van der Waals surface area contributed by atoms with E-state index in [9.17, 15) is 9.90 Å². The van der Waals surface area contributed by atoms with Crippen molar-refractivity contribution in [1.29, 1.82) is 0 Å². The molecule has 11 heteroatoms. The van der Waals surface area contributed by atoms with Crippen molar-refractivity contribution in [2.24, 2.45) is 7.05 Å². The van der Waals surface area contributed by atoms with Crippen LogP contribution in [0.2, 0.25) is 5.02 Å². The number of aromatic nitrogens is 5. The van der Waals surface area contributed by atoms with E-state index in [4.69, 9.17) is 16.4 Å². The highest BCUT2D eigenvalue weighted by Gasteiger charge is 2.23. The predicted molar refractivity (Wildman–Crippen MR) is 127 cm³/mol. The topological polar surface area (TPSA) is 110 Å². The third kappa shape index (κ3) is 4.28. The number of halogens is 1. The zero-order valence-electron chi connectivity index (χ0n) is 19.0. The Balaban J connectivity index is 1.42. The average Bonchev–Trinajstić information content (AvgIpc) is 3.47. The number of nitrogens with zero attached hydrogens (tertiary/aromatic N) is 6. The van der Waals surface area contributed by atoms with Gasteiger partial charge < -0.3 is 15.0 Å². The van der Waals surface area contributed by atoms with E-state index in [-0.39, 0.29) is 5.78 Å². The Morgan fingerprint density at radius 2 is 2.18 bits per heavy atom. The van der Waals surface area contributed by atoms with Crippen LogP contribution in [0.15, 0.2) is 36.8 Å². The van der Waals surface area contributed by atoms with Crippen molar-refractivity contribution >= 4 is 39.9 Å². The molecule has 176 valence electrons. The number of β-amino-alcohol motifs (C(OH)–C–C–N with tert-alkyl or cyclic N) is 1. The molecule has 1 aliphatic heterocycles. The van der Waals surface area contributed by atoms with E-state index >= 15 is 0 Å². The Morgan fingerprint density at radius 1 is 1.35 bits per heavy atom. The SMILES string of the molecule is CC(=O)c1cn(C)c2ccc(Nc3ncc(Cl)c(-n4cc(CN5C[C@H](O)CO5)c(C)n4)n3)cc12. The van der Waals surface area contributed by atoms with E-state index in [0.29, 0.717) is 42.0 Å². The van der Waals surface area contributed by atoms with Gasteiger partial charge in [-0.05, 0) is 32.0 Å². The van der Waals surface area contributed by atoms with Crippen molar-refractivity contribution in [3.63, 3.8) is 0 Å². The molecule has 0 bridgehead atoms. The molecule has 0 spiro atoms. The highest BCUT2D eigenvalue weighted by atomic mass is 35.5. The molecular weight excluding hydrogens is 458 g/mol. The zero-order chi connectivity index (χ0) is 24.0. The summed E-state index contributed by atoms with van der Waals surface area (Å²) >= 11 is 6.40. The summed E-state index contributed by atoms with van der Waals surface area (Å²) in [7, 11) is 1.91. The van der Waals surface area contributed by atoms with Crippen molar-refractivity contribution in [2.45, 2.75) is 26.5 Å². The second-order valence-electron chi connectivity index (χ2n) is 8.39. The molecule has 0 unspecified atom stereocenters. The Labute approximate surface area is 200 Å². The number of carbonyl (C=O) groups excluding carboxylic acids is 1. The molecule has 3 aromatic heterocycles. The van der Waals surface area contributed by atoms with Crippen LogP contribution in [0.1, 0.15) is 28.5 Å². The Bertz CT molecular complexity index is 1400. The van der Waals surface area contributed by atoms with Crippen molar-refractivity contribution in [3.8, 4) is 5.82 Å². The molecule has 1 atom stereocenters. The molecule has 1 aromatic carbocycles. The van der Waals surface area contributed by atoms with E-state index in [0.717, 1.165) is 27.8 Å². The largest absolute Gasteiger partial charge is 0.389 e. The smallest absolute Gasteiger partial charge is 0.229 e. The van der Waals surface area contributed by atoms with Gasteiger partial charge in [-0.1, -0.05) is 11.6 Å². The minimum absolute atomic E-state index is 0.00600. The number of aryl methyl sites for hydroxylation is 2. The summed E-state index contributed by atoms with van der Waals surface area (Å²) in [5, 5.41) is 20.3. The summed E-state index contributed by atoms with van der Waals surface area (Å²) in [6.45, 7) is 4.69. The van der Waals surface area contributed by atoms with Crippen molar-refractivity contribution in [3.05, 3.63) is 58.6 Å². The summed E-state index contributed by atoms with van der Waals surface area (Å²) in [5.74, 6) is 0.785. The molecule has 10 nitrogen and oxygen atoms in total. The van der Waals surface area contributed by atoms with Crippen molar-refractivity contribution in [2.75, 3.05) is 18.5 Å². The number of rotatable bonds is 6. The molecule has 1 saturated heterocycles. The van der Waals surface area contributed by atoms with Gasteiger partial charge in [-0.15, -0.1) is 0 Å². The fourth-order valence-corrected chi connectivity index (χ4v) is 4.23. The molecule has 0 saturated carbocycles. The number of Topliss-reactive ketones (excluding diaryl/α,β-unsaturated/α-hetero) is 1. The molecule has 0 aliphatic carbocycles. The van der Waals surface area contributed by atoms with E-state index in [2.05, 4.69) is 20.4 Å². The van der Waals surface area contributed by atoms with Gasteiger partial charge in [0.15, 0.2) is 11.6 Å². The van der Waals surface area contributed by atoms with Crippen LogP contribution in [-0.2, 0) is 18.4 Å². The van der Waals surface area contributed by atoms with Gasteiger partial charge in [-0.3, -0.25) is 9.63 Å². The second-order valence-corrected chi connectivity index (χ2v) is 8.80. The summed E-state index contributed by atoms with van der Waals surface area (Å²) in [4.78, 5) is 26.4. The highest BCUT2D eigenvalue weighted by molar-refractivity contribution is 6.32. The standard InChI is InChI=1S/C23H24ClN7O3/c1-13-15(8-30-10-17(33)12-34-30)9-31(28-13)22-20(24)7-25-23(27-22)26-16-4-5-21-18(6-16)19(14(2)32)11-29(21)3/h4-7,9,11,17,33H,8,10,12H2,1-3H3,(H,25,26,27)/t17-/m0/s1. The normalized spacial score (nSPS) is 16.4. The lowest BCUT2D eigenvalue weighted by atomic mass is 10.1. The Morgan fingerprint density at radius 3 is 2.91 bits per heavy atom. The second kappa shape index (κ2) is 8.80. The van der Waals surface area contributed by atoms with E-state index < -0.39 is 6.10 Å². The minimum atomic E-state index is -0.484. The first kappa shape index (κ1) is 22.5. The molecule has 5 rings (SSSR count). The van der Waals surface area contributed by atoms with Crippen LogP contribution in [0.4, 0.5) is 11.6 Å². The molecule has 0 amide bonds. The van der Waals surface area contributed by atoms with Gasteiger partial charge in [-0.2, -0.15) is 15.1 Å². The van der Waals surface area contributed by atoms with Crippen molar-refractivity contribution < 1.29 is 14.7 Å². The van der Waals surface area contributed by atoms with Gasteiger partial charge in [0.1, 0.15) is 5.02 Å². The third-order valence-corrected chi connectivity index (χ3v) is 6.05. The minimum Gasteiger partial charge on any atom is -0.389 e. The van der Waals surface area contributed by atoms with Gasteiger partial charge in [0, 0.05) is 47.2 Å². The zero-order valence-corrected chi connectivity index (χ0v) is 19.7. The third-order valence-electron chi connectivity index (χ3n) is 5.78. The van der Waals surface area contributed by atoms with Crippen LogP contribution in [0.3, 0.4) is 0 Å². The maximum Gasteiger partial charge on any atom is 0.229 e. The van der Waals surface area contributed by atoms with Crippen LogP contribution in [-0.4, -0.2) is 59.5 Å². The number of hydrogen-bond acceptors (Lipinski definition) is 8. The Kier molecular flexibility index (Phi) is 5.82. The number of benzene rings is 1. The number of aliphatic hydroxyl groups excluding tert-OH is 1. The van der Waals surface area contributed by atoms with Gasteiger partial charge in [0.25, 0.3) is 0 Å². The van der Waals surface area contributed by atoms with Crippen LogP contribution >= 0.6 is 11.6 Å². The van der Waals surface area contributed by atoms with Crippen LogP contribution in [0.5, 0.6) is 0 Å². The van der Waals surface area contributed by atoms with Crippen LogP contribution in [0.25, 0.3) is 16.7 Å². The van der Waals surface area contributed by atoms with E-state index in [1.165, 1.54) is 6.20 Å². The first-order chi connectivity index (χ1) is 16.3. The highest BCUT2D eigenvalue weighted by Crippen LogP contribution is 2.27. The fraction of sp³-hybridized carbons (Fsp3) is 0.304. The number of nitrogens with one attached hydrogen (secondary N) is 1. The lowest BCUT2D eigenvalue weighted by Gasteiger charge is -2.12. The molecule has 1 aliphatic rings. The molecule has 1 fully saturated rings. The summed E-state index contributed by atoms with van der Waals surface area (Å²) in [6.07, 6.45) is 4.71. The Hall–Kier alpha value is -3.31. The molecule has 4 heterocycles. The number of hydroxylamine groups is 2. The van der Waals surface area contributed by atoms with Crippen LogP contribution < -0.4 is 5.32 Å². The lowest BCUT2D eigenvalue weighted by Crippen LogP contribution is -2.20. The molecule has 4 aromatic rings. The lowest BCUT2D eigenvalue weighted by molar-refractivity contribution is -0.118. The quantitative estimate of drug-likeness (QED) is 0.404. The van der Waals surface area contributed by atoms with E-state index in [1.807, 2.05) is 49.1 Å². The summed E-state index contributed by atoms with van der Waals surface area (Å²) < 4.78 is 3.54. The molecule has 2 N–H and O–H groups in total. The molecule has 34 heavy (non-hydrogen) atoms. The first-order valence-corrected chi connectivity index (χ1v) is 11.2. The summed E-state index contributed by atoms with van der Waals surface area (Å²) in [6, 6.07) is 5.76.